The van der Waals surface area contributed by atoms with Gasteiger partial charge in [0.2, 0.25) is 0 Å². The zero-order valence-electron chi connectivity index (χ0n) is 10.4. The van der Waals surface area contributed by atoms with Gasteiger partial charge < -0.3 is 5.11 Å². The minimum atomic E-state index is -4.63. The van der Waals surface area contributed by atoms with Gasteiger partial charge in [-0.25, -0.2) is 4.68 Å². The van der Waals surface area contributed by atoms with E-state index in [-0.39, 0.29) is 0 Å². The maximum Gasteiger partial charge on any atom is 0.435 e. The summed E-state index contributed by atoms with van der Waals surface area (Å²) in [5, 5.41) is 15.8. The summed E-state index contributed by atoms with van der Waals surface area (Å²) in [5.74, 6) is 0. The highest BCUT2D eigenvalue weighted by Crippen LogP contribution is 2.33. The van der Waals surface area contributed by atoms with Gasteiger partial charge in [-0.15, -0.1) is 5.10 Å². The zero-order chi connectivity index (χ0) is 14.2. The third-order valence-electron chi connectivity index (χ3n) is 2.74. The summed E-state index contributed by atoms with van der Waals surface area (Å²) in [6.45, 7) is 2.74. The van der Waals surface area contributed by atoms with Crippen LogP contribution in [0.3, 0.4) is 0 Å². The minimum absolute atomic E-state index is 0.296. The van der Waals surface area contributed by atoms with Crippen LogP contribution >= 0.6 is 0 Å². The van der Waals surface area contributed by atoms with Crippen LogP contribution in [0.15, 0.2) is 18.2 Å². The molecule has 0 bridgehead atoms. The van der Waals surface area contributed by atoms with Crippen molar-refractivity contribution in [1.29, 1.82) is 0 Å². The normalized spacial score (nSPS) is 11.9. The number of aromatic nitrogens is 3. The molecule has 0 radical (unpaired) electrons. The fraction of sp³-hybridized carbons (Fsp3) is 0.333. The highest BCUT2D eigenvalue weighted by molar-refractivity contribution is 5.43. The first-order valence-corrected chi connectivity index (χ1v) is 5.55. The van der Waals surface area contributed by atoms with Crippen LogP contribution in [0.1, 0.15) is 22.5 Å². The highest BCUT2D eigenvalue weighted by Gasteiger charge is 2.39. The number of nitrogens with zero attached hydrogens (tertiary/aromatic N) is 3. The Bertz CT molecular complexity index is 605. The lowest BCUT2D eigenvalue weighted by molar-refractivity contribution is -0.143. The van der Waals surface area contributed by atoms with Crippen molar-refractivity contribution >= 4 is 0 Å². The van der Waals surface area contributed by atoms with E-state index in [4.69, 9.17) is 5.11 Å². The topological polar surface area (TPSA) is 50.9 Å². The van der Waals surface area contributed by atoms with Crippen molar-refractivity contribution in [2.24, 2.45) is 0 Å². The molecule has 1 N–H and O–H groups in total. The lowest BCUT2D eigenvalue weighted by Crippen LogP contribution is -2.16. The Kier molecular flexibility index (Phi) is 3.32. The lowest BCUT2D eigenvalue weighted by atomic mass is 10.1. The van der Waals surface area contributed by atoms with Crippen LogP contribution in [-0.2, 0) is 12.8 Å². The van der Waals surface area contributed by atoms with Gasteiger partial charge in [-0.1, -0.05) is 22.9 Å². The van der Waals surface area contributed by atoms with Crippen molar-refractivity contribution in [2.75, 3.05) is 0 Å². The molecule has 0 saturated heterocycles. The summed E-state index contributed by atoms with van der Waals surface area (Å²) in [7, 11) is 0. The van der Waals surface area contributed by atoms with Crippen LogP contribution < -0.4 is 0 Å². The van der Waals surface area contributed by atoms with Gasteiger partial charge in [-0.3, -0.25) is 0 Å². The minimum Gasteiger partial charge on any atom is -0.390 e. The molecule has 102 valence electrons. The number of aliphatic hydroxyl groups excluding tert-OH is 1. The van der Waals surface area contributed by atoms with Crippen molar-refractivity contribution in [2.45, 2.75) is 26.6 Å². The second kappa shape index (κ2) is 4.65. The fourth-order valence-corrected chi connectivity index (χ4v) is 1.91. The number of alkyl halides is 3. The van der Waals surface area contributed by atoms with Gasteiger partial charge in [0.15, 0.2) is 5.69 Å². The third-order valence-corrected chi connectivity index (χ3v) is 2.74. The summed E-state index contributed by atoms with van der Waals surface area (Å²) in [5.41, 5.74) is 0.372. The average molecular weight is 271 g/mol. The van der Waals surface area contributed by atoms with E-state index < -0.39 is 24.2 Å². The van der Waals surface area contributed by atoms with Crippen molar-refractivity contribution < 1.29 is 18.3 Å². The highest BCUT2D eigenvalue weighted by atomic mass is 19.4. The summed E-state index contributed by atoms with van der Waals surface area (Å²) in [6.07, 6.45) is -4.63. The van der Waals surface area contributed by atoms with Crippen molar-refractivity contribution in [3.63, 3.8) is 0 Å². The molecule has 0 aliphatic rings. The monoisotopic (exact) mass is 271 g/mol. The molecule has 0 aliphatic heterocycles. The van der Waals surface area contributed by atoms with E-state index in [0.717, 1.165) is 10.2 Å². The summed E-state index contributed by atoms with van der Waals surface area (Å²) in [6, 6.07) is 5.01. The van der Waals surface area contributed by atoms with Crippen molar-refractivity contribution in [3.8, 4) is 5.69 Å². The van der Waals surface area contributed by atoms with Gasteiger partial charge in [0.05, 0.1) is 12.3 Å². The number of rotatable bonds is 2. The second-order valence-corrected chi connectivity index (χ2v) is 4.24. The standard InChI is InChI=1S/C12H12F3N3O/c1-7-3-4-10(8(2)5-7)18-11(12(13,14)15)9(6-19)16-17-18/h3-5,19H,6H2,1-2H3. The van der Waals surface area contributed by atoms with E-state index in [1.54, 1.807) is 25.1 Å². The largest absolute Gasteiger partial charge is 0.435 e. The average Bonchev–Trinajstić information content (AvgIpc) is 2.72. The van der Waals surface area contributed by atoms with Gasteiger partial charge in [0, 0.05) is 0 Å². The number of aliphatic hydroxyl groups is 1. The van der Waals surface area contributed by atoms with E-state index in [0.29, 0.717) is 11.3 Å². The molecule has 0 saturated carbocycles. The Hall–Kier alpha value is -1.89. The molecule has 2 aromatic rings. The molecule has 1 aromatic carbocycles. The second-order valence-electron chi connectivity index (χ2n) is 4.24. The summed E-state index contributed by atoms with van der Waals surface area (Å²) in [4.78, 5) is 0. The van der Waals surface area contributed by atoms with E-state index >= 15 is 0 Å². The molecule has 0 fully saturated rings. The maximum atomic E-state index is 13.0. The number of hydrogen-bond acceptors (Lipinski definition) is 3. The summed E-state index contributed by atoms with van der Waals surface area (Å²) < 4.78 is 39.8. The Morgan fingerprint density at radius 2 is 1.95 bits per heavy atom. The Morgan fingerprint density at radius 1 is 1.26 bits per heavy atom. The quantitative estimate of drug-likeness (QED) is 0.912. The molecule has 1 heterocycles. The van der Waals surface area contributed by atoms with Gasteiger partial charge in [-0.05, 0) is 25.5 Å². The van der Waals surface area contributed by atoms with E-state index in [2.05, 4.69) is 10.3 Å². The third kappa shape index (κ3) is 2.46. The SMILES string of the molecule is Cc1ccc(-n2nnc(CO)c2C(F)(F)F)c(C)c1. The number of halogens is 3. The van der Waals surface area contributed by atoms with Crippen molar-refractivity contribution in [1.82, 2.24) is 15.0 Å². The Morgan fingerprint density at radius 3 is 2.47 bits per heavy atom. The molecule has 0 aliphatic carbocycles. The first-order chi connectivity index (χ1) is 8.84. The predicted octanol–water partition coefficient (Wildman–Crippen LogP) is 2.40. The van der Waals surface area contributed by atoms with Crippen molar-refractivity contribution in [3.05, 3.63) is 40.7 Å². The molecule has 0 atom stereocenters. The van der Waals surface area contributed by atoms with Gasteiger partial charge in [0.25, 0.3) is 0 Å². The van der Waals surface area contributed by atoms with E-state index in [1.807, 2.05) is 6.92 Å². The van der Waals surface area contributed by atoms with Gasteiger partial charge in [0.1, 0.15) is 5.69 Å². The number of hydrogen-bond donors (Lipinski definition) is 1. The molecule has 1 aromatic heterocycles. The van der Waals surface area contributed by atoms with Crippen LogP contribution in [-0.4, -0.2) is 20.1 Å². The number of benzene rings is 1. The van der Waals surface area contributed by atoms with Gasteiger partial charge >= 0.3 is 6.18 Å². The Labute approximate surface area is 107 Å². The van der Waals surface area contributed by atoms with Crippen LogP contribution in [0, 0.1) is 13.8 Å². The molecule has 0 amide bonds. The van der Waals surface area contributed by atoms with Gasteiger partial charge in [-0.2, -0.15) is 13.2 Å². The Balaban J connectivity index is 2.66. The van der Waals surface area contributed by atoms with E-state index in [9.17, 15) is 13.2 Å². The maximum absolute atomic E-state index is 13.0. The lowest BCUT2D eigenvalue weighted by Gasteiger charge is -2.12. The molecular formula is C12H12F3N3O. The molecule has 2 rings (SSSR count). The molecular weight excluding hydrogens is 259 g/mol. The molecule has 4 nitrogen and oxygen atoms in total. The van der Waals surface area contributed by atoms with Crippen LogP contribution in [0.4, 0.5) is 13.2 Å². The first-order valence-electron chi connectivity index (χ1n) is 5.55. The zero-order valence-corrected chi connectivity index (χ0v) is 10.4. The van der Waals surface area contributed by atoms with Crippen LogP contribution in [0.2, 0.25) is 0 Å². The molecule has 0 unspecified atom stereocenters. The smallest absolute Gasteiger partial charge is 0.390 e. The first kappa shape index (κ1) is 13.5. The van der Waals surface area contributed by atoms with E-state index in [1.165, 1.54) is 0 Å². The molecule has 7 heteroatoms. The molecule has 19 heavy (non-hydrogen) atoms. The predicted molar refractivity (Wildman–Crippen MR) is 61.8 cm³/mol. The van der Waals surface area contributed by atoms with Crippen LogP contribution in [0.25, 0.3) is 5.69 Å². The van der Waals surface area contributed by atoms with Crippen LogP contribution in [0.5, 0.6) is 0 Å². The number of aryl methyl sites for hydroxylation is 2. The molecule has 0 spiro atoms. The fourth-order valence-electron chi connectivity index (χ4n) is 1.91. The summed E-state index contributed by atoms with van der Waals surface area (Å²) >= 11 is 0.